The standard InChI is InChI=1S/C12H12BrCl2NS2/c1-7(9-6-11(14)18-12(9)15)16-5-4-8-2-3-10(13)17-8/h2-3,6-7,16H,4-5H2,1H3. The Balaban J connectivity index is 1.85. The lowest BCUT2D eigenvalue weighted by molar-refractivity contribution is 0.580. The quantitative estimate of drug-likeness (QED) is 0.689. The molecule has 2 aromatic rings. The van der Waals surface area contributed by atoms with Gasteiger partial charge >= 0.3 is 0 Å². The fourth-order valence-corrected chi connectivity index (χ4v) is 4.78. The summed E-state index contributed by atoms with van der Waals surface area (Å²) < 4.78 is 2.70. The van der Waals surface area contributed by atoms with Crippen molar-refractivity contribution in [2.45, 2.75) is 19.4 Å². The lowest BCUT2D eigenvalue weighted by atomic mass is 10.2. The van der Waals surface area contributed by atoms with Gasteiger partial charge in [0.25, 0.3) is 0 Å². The minimum Gasteiger partial charge on any atom is -0.310 e. The molecule has 2 aromatic heterocycles. The van der Waals surface area contributed by atoms with E-state index in [1.54, 1.807) is 11.3 Å². The van der Waals surface area contributed by atoms with Crippen LogP contribution in [0.15, 0.2) is 22.0 Å². The van der Waals surface area contributed by atoms with E-state index < -0.39 is 0 Å². The summed E-state index contributed by atoms with van der Waals surface area (Å²) in [5, 5.41) is 3.47. The van der Waals surface area contributed by atoms with E-state index in [1.165, 1.54) is 20.0 Å². The molecule has 18 heavy (non-hydrogen) atoms. The molecule has 0 fully saturated rings. The zero-order chi connectivity index (χ0) is 13.1. The Morgan fingerprint density at radius 1 is 1.33 bits per heavy atom. The number of hydrogen-bond donors (Lipinski definition) is 1. The molecule has 1 nitrogen and oxygen atoms in total. The molecule has 0 spiro atoms. The van der Waals surface area contributed by atoms with Crippen LogP contribution in [0.2, 0.25) is 8.67 Å². The Kier molecular flexibility index (Phi) is 5.54. The van der Waals surface area contributed by atoms with Gasteiger partial charge in [-0.15, -0.1) is 22.7 Å². The monoisotopic (exact) mass is 383 g/mol. The van der Waals surface area contributed by atoms with Crippen molar-refractivity contribution in [2.75, 3.05) is 6.54 Å². The summed E-state index contributed by atoms with van der Waals surface area (Å²) in [7, 11) is 0. The average Bonchev–Trinajstić information content (AvgIpc) is 2.85. The molecule has 6 heteroatoms. The highest BCUT2D eigenvalue weighted by Crippen LogP contribution is 2.34. The maximum Gasteiger partial charge on any atom is 0.0991 e. The van der Waals surface area contributed by atoms with Gasteiger partial charge in [-0.1, -0.05) is 23.2 Å². The Labute approximate surface area is 133 Å². The molecule has 2 rings (SSSR count). The van der Waals surface area contributed by atoms with Gasteiger partial charge in [-0.05, 0) is 53.0 Å². The first-order valence-electron chi connectivity index (χ1n) is 5.48. The van der Waals surface area contributed by atoms with E-state index in [2.05, 4.69) is 40.3 Å². The maximum atomic E-state index is 6.13. The van der Waals surface area contributed by atoms with Gasteiger partial charge in [0.2, 0.25) is 0 Å². The Bertz CT molecular complexity index is 524. The van der Waals surface area contributed by atoms with Crippen molar-refractivity contribution in [3.05, 3.63) is 41.1 Å². The van der Waals surface area contributed by atoms with Gasteiger partial charge in [0.15, 0.2) is 0 Å². The van der Waals surface area contributed by atoms with Crippen LogP contribution in [0.25, 0.3) is 0 Å². The molecule has 0 saturated carbocycles. The second-order valence-electron chi connectivity index (χ2n) is 3.91. The van der Waals surface area contributed by atoms with Crippen molar-refractivity contribution in [3.8, 4) is 0 Å². The average molecular weight is 385 g/mol. The largest absolute Gasteiger partial charge is 0.310 e. The van der Waals surface area contributed by atoms with Crippen molar-refractivity contribution in [2.24, 2.45) is 0 Å². The van der Waals surface area contributed by atoms with Crippen LogP contribution in [0.4, 0.5) is 0 Å². The van der Waals surface area contributed by atoms with Gasteiger partial charge in [-0.3, -0.25) is 0 Å². The Morgan fingerprint density at radius 2 is 2.11 bits per heavy atom. The van der Waals surface area contributed by atoms with E-state index in [0.717, 1.165) is 27.2 Å². The van der Waals surface area contributed by atoms with Crippen molar-refractivity contribution in [1.29, 1.82) is 0 Å². The summed E-state index contributed by atoms with van der Waals surface area (Å²) in [6.07, 6.45) is 1.02. The lowest BCUT2D eigenvalue weighted by Gasteiger charge is -2.12. The van der Waals surface area contributed by atoms with Gasteiger partial charge in [0, 0.05) is 17.5 Å². The summed E-state index contributed by atoms with van der Waals surface area (Å²) in [4.78, 5) is 1.37. The molecular weight excluding hydrogens is 373 g/mol. The molecule has 0 saturated heterocycles. The molecule has 98 valence electrons. The summed E-state index contributed by atoms with van der Waals surface area (Å²) in [5.41, 5.74) is 1.08. The molecule has 0 radical (unpaired) electrons. The molecule has 0 amide bonds. The molecule has 0 aromatic carbocycles. The van der Waals surface area contributed by atoms with E-state index >= 15 is 0 Å². The number of thiophene rings is 2. The minimum atomic E-state index is 0.227. The highest BCUT2D eigenvalue weighted by molar-refractivity contribution is 9.11. The van der Waals surface area contributed by atoms with Crippen LogP contribution >= 0.6 is 61.8 Å². The summed E-state index contributed by atoms with van der Waals surface area (Å²) in [5.74, 6) is 0. The third-order valence-electron chi connectivity index (χ3n) is 2.60. The van der Waals surface area contributed by atoms with E-state index in [-0.39, 0.29) is 6.04 Å². The molecular formula is C12H12BrCl2NS2. The van der Waals surface area contributed by atoms with E-state index in [0.29, 0.717) is 0 Å². The topological polar surface area (TPSA) is 12.0 Å². The predicted octanol–water partition coefficient (Wildman–Crippen LogP) is 5.77. The maximum absolute atomic E-state index is 6.13. The Morgan fingerprint density at radius 3 is 2.67 bits per heavy atom. The molecule has 0 bridgehead atoms. The number of nitrogens with one attached hydrogen (secondary N) is 1. The number of hydrogen-bond acceptors (Lipinski definition) is 3. The second-order valence-corrected chi connectivity index (χ2v) is 8.74. The number of rotatable bonds is 5. The first-order chi connectivity index (χ1) is 8.56. The van der Waals surface area contributed by atoms with Gasteiger partial charge in [0.05, 0.1) is 12.5 Å². The van der Waals surface area contributed by atoms with Crippen LogP contribution in [0.5, 0.6) is 0 Å². The molecule has 2 heterocycles. The zero-order valence-electron chi connectivity index (χ0n) is 9.67. The first-order valence-corrected chi connectivity index (χ1v) is 8.67. The van der Waals surface area contributed by atoms with Crippen molar-refractivity contribution < 1.29 is 0 Å². The van der Waals surface area contributed by atoms with Crippen LogP contribution in [0.3, 0.4) is 0 Å². The van der Waals surface area contributed by atoms with E-state index in [9.17, 15) is 0 Å². The second kappa shape index (κ2) is 6.73. The van der Waals surface area contributed by atoms with Gasteiger partial charge in [-0.25, -0.2) is 0 Å². The molecule has 1 unspecified atom stereocenters. The van der Waals surface area contributed by atoms with Crippen LogP contribution in [0.1, 0.15) is 23.4 Å². The lowest BCUT2D eigenvalue weighted by Crippen LogP contribution is -2.20. The van der Waals surface area contributed by atoms with Crippen LogP contribution in [-0.4, -0.2) is 6.54 Å². The molecule has 0 aliphatic carbocycles. The summed E-state index contributed by atoms with van der Waals surface area (Å²) in [6, 6.07) is 6.40. The van der Waals surface area contributed by atoms with Crippen molar-refractivity contribution in [1.82, 2.24) is 5.32 Å². The fraction of sp³-hybridized carbons (Fsp3) is 0.333. The first kappa shape index (κ1) is 14.8. The highest BCUT2D eigenvalue weighted by atomic mass is 79.9. The molecule has 1 N–H and O–H groups in total. The molecule has 0 aliphatic heterocycles. The Hall–Kier alpha value is 0.420. The van der Waals surface area contributed by atoms with Gasteiger partial charge in [0.1, 0.15) is 0 Å². The number of halogens is 3. The molecule has 1 atom stereocenters. The summed E-state index contributed by atoms with van der Waals surface area (Å²) in [6.45, 7) is 3.03. The van der Waals surface area contributed by atoms with Crippen molar-refractivity contribution >= 4 is 61.8 Å². The SMILES string of the molecule is CC(NCCc1ccc(Br)s1)c1cc(Cl)sc1Cl. The molecule has 0 aliphatic rings. The smallest absolute Gasteiger partial charge is 0.0991 e. The van der Waals surface area contributed by atoms with E-state index in [1.807, 2.05) is 6.07 Å². The van der Waals surface area contributed by atoms with Crippen LogP contribution in [0, 0.1) is 0 Å². The zero-order valence-corrected chi connectivity index (χ0v) is 14.4. The third-order valence-corrected chi connectivity index (χ3v) is 5.80. The van der Waals surface area contributed by atoms with Crippen LogP contribution in [-0.2, 0) is 6.42 Å². The fourth-order valence-electron chi connectivity index (χ4n) is 1.66. The van der Waals surface area contributed by atoms with Gasteiger partial charge in [-0.2, -0.15) is 0 Å². The van der Waals surface area contributed by atoms with Crippen molar-refractivity contribution in [3.63, 3.8) is 0 Å². The van der Waals surface area contributed by atoms with E-state index in [4.69, 9.17) is 23.2 Å². The highest BCUT2D eigenvalue weighted by Gasteiger charge is 2.12. The predicted molar refractivity (Wildman–Crippen MR) is 86.5 cm³/mol. The minimum absolute atomic E-state index is 0.227. The summed E-state index contributed by atoms with van der Waals surface area (Å²) >= 11 is 18.7. The van der Waals surface area contributed by atoms with Crippen LogP contribution < -0.4 is 5.32 Å². The van der Waals surface area contributed by atoms with Gasteiger partial charge < -0.3 is 5.32 Å². The third kappa shape index (κ3) is 3.95. The normalized spacial score (nSPS) is 12.9.